The Hall–Kier alpha value is -3.58. The minimum Gasteiger partial charge on any atom is -0.465 e. The molecule has 2 N–H and O–H groups in total. The van der Waals surface area contributed by atoms with Gasteiger partial charge in [0.05, 0.1) is 30.2 Å². The SMILES string of the molecule is COC(=O)c1ccc(NC(=O)c2cc(Cl)ccc2NC(=O)c2ccco2)cc1. The van der Waals surface area contributed by atoms with Crippen molar-refractivity contribution in [1.29, 1.82) is 0 Å². The molecule has 142 valence electrons. The molecule has 7 nitrogen and oxygen atoms in total. The molecule has 0 aliphatic heterocycles. The number of esters is 1. The Labute approximate surface area is 165 Å². The predicted octanol–water partition coefficient (Wildman–Crippen LogP) is 4.22. The van der Waals surface area contributed by atoms with Crippen LogP contribution in [-0.4, -0.2) is 24.9 Å². The number of carbonyl (C=O) groups excluding carboxylic acids is 3. The average molecular weight is 399 g/mol. The van der Waals surface area contributed by atoms with E-state index in [-0.39, 0.29) is 17.0 Å². The van der Waals surface area contributed by atoms with Crippen molar-refractivity contribution in [2.24, 2.45) is 0 Å². The van der Waals surface area contributed by atoms with Crippen molar-refractivity contribution in [1.82, 2.24) is 0 Å². The number of hydrogen-bond acceptors (Lipinski definition) is 5. The van der Waals surface area contributed by atoms with Crippen LogP contribution >= 0.6 is 11.6 Å². The lowest BCUT2D eigenvalue weighted by Crippen LogP contribution is -2.18. The molecule has 0 atom stereocenters. The van der Waals surface area contributed by atoms with E-state index in [1.807, 2.05) is 0 Å². The van der Waals surface area contributed by atoms with Gasteiger partial charge < -0.3 is 19.8 Å². The molecular weight excluding hydrogens is 384 g/mol. The maximum absolute atomic E-state index is 12.7. The van der Waals surface area contributed by atoms with Crippen molar-refractivity contribution >= 4 is 40.8 Å². The lowest BCUT2D eigenvalue weighted by atomic mass is 10.1. The van der Waals surface area contributed by atoms with Gasteiger partial charge in [0.15, 0.2) is 5.76 Å². The summed E-state index contributed by atoms with van der Waals surface area (Å²) >= 11 is 6.01. The fourth-order valence-corrected chi connectivity index (χ4v) is 2.58. The van der Waals surface area contributed by atoms with Crippen LogP contribution in [0.15, 0.2) is 65.3 Å². The molecule has 8 heteroatoms. The molecule has 1 aromatic heterocycles. The first-order chi connectivity index (χ1) is 13.5. The number of amides is 2. The van der Waals surface area contributed by atoms with Crippen LogP contribution in [0.2, 0.25) is 5.02 Å². The number of carbonyl (C=O) groups is 3. The van der Waals surface area contributed by atoms with Gasteiger partial charge >= 0.3 is 5.97 Å². The molecule has 0 aliphatic rings. The Kier molecular flexibility index (Phi) is 5.76. The summed E-state index contributed by atoms with van der Waals surface area (Å²) in [4.78, 5) is 36.4. The Morgan fingerprint density at radius 1 is 0.964 bits per heavy atom. The molecule has 2 aromatic carbocycles. The molecule has 0 saturated carbocycles. The minimum atomic E-state index is -0.496. The van der Waals surface area contributed by atoms with E-state index in [2.05, 4.69) is 15.4 Å². The largest absolute Gasteiger partial charge is 0.465 e. The number of rotatable bonds is 5. The lowest BCUT2D eigenvalue weighted by molar-refractivity contribution is 0.0600. The Bertz CT molecular complexity index is 1010. The third kappa shape index (κ3) is 4.39. The molecule has 0 saturated heterocycles. The standard InChI is InChI=1S/C20H15ClN2O5/c1-27-20(26)12-4-7-14(8-5-12)22-18(24)15-11-13(21)6-9-16(15)23-19(25)17-3-2-10-28-17/h2-11H,1H3,(H,22,24)(H,23,25). The van der Waals surface area contributed by atoms with Crippen LogP contribution in [0.4, 0.5) is 11.4 Å². The second kappa shape index (κ2) is 8.41. The molecule has 28 heavy (non-hydrogen) atoms. The highest BCUT2D eigenvalue weighted by Gasteiger charge is 2.17. The van der Waals surface area contributed by atoms with Gasteiger partial charge in [-0.3, -0.25) is 9.59 Å². The third-order valence-corrected chi connectivity index (χ3v) is 4.02. The minimum absolute atomic E-state index is 0.111. The van der Waals surface area contributed by atoms with Gasteiger partial charge in [0.1, 0.15) is 0 Å². The van der Waals surface area contributed by atoms with Crippen molar-refractivity contribution in [2.45, 2.75) is 0 Å². The zero-order valence-corrected chi connectivity index (χ0v) is 15.4. The van der Waals surface area contributed by atoms with Crippen LogP contribution in [-0.2, 0) is 4.74 Å². The van der Waals surface area contributed by atoms with E-state index < -0.39 is 17.8 Å². The highest BCUT2D eigenvalue weighted by atomic mass is 35.5. The maximum Gasteiger partial charge on any atom is 0.337 e. The molecule has 0 fully saturated rings. The summed E-state index contributed by atoms with van der Waals surface area (Å²) in [5.74, 6) is -1.35. The van der Waals surface area contributed by atoms with Gasteiger partial charge in [0.2, 0.25) is 0 Å². The molecule has 0 unspecified atom stereocenters. The van der Waals surface area contributed by atoms with Gasteiger partial charge in [-0.1, -0.05) is 11.6 Å². The Balaban J connectivity index is 1.80. The summed E-state index contributed by atoms with van der Waals surface area (Å²) in [6.45, 7) is 0. The summed E-state index contributed by atoms with van der Waals surface area (Å²) in [6, 6.07) is 13.8. The molecule has 0 radical (unpaired) electrons. The van der Waals surface area contributed by atoms with Crippen molar-refractivity contribution in [2.75, 3.05) is 17.7 Å². The van der Waals surface area contributed by atoms with Crippen molar-refractivity contribution in [3.05, 3.63) is 82.8 Å². The van der Waals surface area contributed by atoms with Crippen molar-refractivity contribution in [3.63, 3.8) is 0 Å². The molecular formula is C20H15ClN2O5. The van der Waals surface area contributed by atoms with Crippen LogP contribution in [0.25, 0.3) is 0 Å². The van der Waals surface area contributed by atoms with Gasteiger partial charge in [0, 0.05) is 10.7 Å². The second-order valence-corrected chi connectivity index (χ2v) is 6.08. The third-order valence-electron chi connectivity index (χ3n) is 3.78. The second-order valence-electron chi connectivity index (χ2n) is 5.64. The number of hydrogen-bond donors (Lipinski definition) is 2. The highest BCUT2D eigenvalue weighted by molar-refractivity contribution is 6.31. The molecule has 3 rings (SSSR count). The van der Waals surface area contributed by atoms with E-state index in [1.165, 1.54) is 43.7 Å². The topological polar surface area (TPSA) is 97.6 Å². The zero-order chi connectivity index (χ0) is 20.1. The summed E-state index contributed by atoms with van der Waals surface area (Å²) in [7, 11) is 1.29. The van der Waals surface area contributed by atoms with Crippen LogP contribution in [0.3, 0.4) is 0 Å². The normalized spacial score (nSPS) is 10.2. The van der Waals surface area contributed by atoms with Crippen LogP contribution in [0.1, 0.15) is 31.3 Å². The van der Waals surface area contributed by atoms with Crippen molar-refractivity contribution < 1.29 is 23.5 Å². The molecule has 2 amide bonds. The van der Waals surface area contributed by atoms with E-state index >= 15 is 0 Å². The first-order valence-corrected chi connectivity index (χ1v) is 8.50. The van der Waals surface area contributed by atoms with Crippen LogP contribution in [0, 0.1) is 0 Å². The first-order valence-electron chi connectivity index (χ1n) is 8.12. The highest BCUT2D eigenvalue weighted by Crippen LogP contribution is 2.23. The van der Waals surface area contributed by atoms with E-state index in [9.17, 15) is 14.4 Å². The summed E-state index contributed by atoms with van der Waals surface area (Å²) in [5.41, 5.74) is 1.26. The predicted molar refractivity (Wildman–Crippen MR) is 104 cm³/mol. The fourth-order valence-electron chi connectivity index (χ4n) is 2.41. The number of methoxy groups -OCH3 is 1. The number of halogens is 1. The monoisotopic (exact) mass is 398 g/mol. The first kappa shape index (κ1) is 19.2. The van der Waals surface area contributed by atoms with E-state index in [4.69, 9.17) is 16.0 Å². The summed E-state index contributed by atoms with van der Waals surface area (Å²) < 4.78 is 9.68. The van der Waals surface area contributed by atoms with Gasteiger partial charge in [-0.2, -0.15) is 0 Å². The van der Waals surface area contributed by atoms with Gasteiger partial charge in [0.25, 0.3) is 11.8 Å². The Morgan fingerprint density at radius 3 is 2.36 bits per heavy atom. The summed E-state index contributed by atoms with van der Waals surface area (Å²) in [5, 5.41) is 5.65. The van der Waals surface area contributed by atoms with E-state index in [1.54, 1.807) is 24.3 Å². The number of ether oxygens (including phenoxy) is 1. The smallest absolute Gasteiger partial charge is 0.337 e. The number of benzene rings is 2. The van der Waals surface area contributed by atoms with Gasteiger partial charge in [-0.25, -0.2) is 4.79 Å². The van der Waals surface area contributed by atoms with E-state index in [0.717, 1.165) is 0 Å². The van der Waals surface area contributed by atoms with Gasteiger partial charge in [-0.15, -0.1) is 0 Å². The summed E-state index contributed by atoms with van der Waals surface area (Å²) in [6.07, 6.45) is 1.38. The quantitative estimate of drug-likeness (QED) is 0.627. The van der Waals surface area contributed by atoms with Crippen molar-refractivity contribution in [3.8, 4) is 0 Å². The average Bonchev–Trinajstić information content (AvgIpc) is 3.24. The molecule has 0 aliphatic carbocycles. The number of anilines is 2. The van der Waals surface area contributed by atoms with Gasteiger partial charge in [-0.05, 0) is 54.6 Å². The molecule has 0 spiro atoms. The molecule has 1 heterocycles. The van der Waals surface area contributed by atoms with Crippen LogP contribution in [0.5, 0.6) is 0 Å². The Morgan fingerprint density at radius 2 is 1.71 bits per heavy atom. The zero-order valence-electron chi connectivity index (χ0n) is 14.7. The lowest BCUT2D eigenvalue weighted by Gasteiger charge is -2.12. The molecule has 0 bridgehead atoms. The van der Waals surface area contributed by atoms with Crippen LogP contribution < -0.4 is 10.6 Å². The molecule has 3 aromatic rings. The number of nitrogens with one attached hydrogen (secondary N) is 2. The van der Waals surface area contributed by atoms with E-state index in [0.29, 0.717) is 16.3 Å². The maximum atomic E-state index is 12.7. The fraction of sp³-hybridized carbons (Fsp3) is 0.0500. The number of furan rings is 1.